The molecule has 0 spiro atoms. The van der Waals surface area contributed by atoms with Crippen LogP contribution in [-0.4, -0.2) is 50.0 Å². The second kappa shape index (κ2) is 7.45. The third-order valence-corrected chi connectivity index (χ3v) is 6.52. The third kappa shape index (κ3) is 3.62. The van der Waals surface area contributed by atoms with E-state index in [1.165, 1.54) is 26.0 Å². The van der Waals surface area contributed by atoms with Gasteiger partial charge in [-0.3, -0.25) is 4.90 Å². The van der Waals surface area contributed by atoms with E-state index in [1.807, 2.05) is 19.2 Å². The summed E-state index contributed by atoms with van der Waals surface area (Å²) >= 11 is 0. The topological polar surface area (TPSA) is 30.9 Å². The maximum Gasteiger partial charge on any atom is 0.165 e. The molecule has 5 heteroatoms. The van der Waals surface area contributed by atoms with E-state index >= 15 is 0 Å². The van der Waals surface area contributed by atoms with Crippen molar-refractivity contribution in [1.82, 2.24) is 4.90 Å². The molecule has 3 atom stereocenters. The average molecular weight is 363 g/mol. The van der Waals surface area contributed by atoms with Crippen LogP contribution in [0.4, 0.5) is 4.39 Å². The van der Waals surface area contributed by atoms with Crippen molar-refractivity contribution >= 4 is 0 Å². The Morgan fingerprint density at radius 1 is 1.19 bits per heavy atom. The van der Waals surface area contributed by atoms with Crippen LogP contribution in [-0.2, 0) is 16.0 Å². The molecule has 0 unspecified atom stereocenters. The number of halogens is 1. The number of benzene rings is 1. The van der Waals surface area contributed by atoms with E-state index in [0.29, 0.717) is 17.9 Å². The molecule has 3 fully saturated rings. The molecule has 0 aromatic heterocycles. The van der Waals surface area contributed by atoms with Gasteiger partial charge in [-0.2, -0.15) is 0 Å². The van der Waals surface area contributed by atoms with Crippen molar-refractivity contribution in [2.24, 2.45) is 5.92 Å². The van der Waals surface area contributed by atoms with Gasteiger partial charge in [-0.25, -0.2) is 4.39 Å². The molecule has 144 valence electrons. The first-order valence-electron chi connectivity index (χ1n) is 9.87. The molecule has 0 bridgehead atoms. The molecule has 0 radical (unpaired) electrons. The number of methoxy groups -OCH3 is 2. The van der Waals surface area contributed by atoms with Crippen molar-refractivity contribution in [3.8, 4) is 5.75 Å². The van der Waals surface area contributed by atoms with E-state index in [-0.39, 0.29) is 11.4 Å². The van der Waals surface area contributed by atoms with Crippen molar-refractivity contribution in [1.29, 1.82) is 0 Å². The minimum absolute atomic E-state index is 0.0520. The van der Waals surface area contributed by atoms with E-state index in [9.17, 15) is 4.39 Å². The first-order chi connectivity index (χ1) is 12.6. The molecule has 4 nitrogen and oxygen atoms in total. The lowest BCUT2D eigenvalue weighted by molar-refractivity contribution is -0.103. The van der Waals surface area contributed by atoms with Crippen LogP contribution in [0.5, 0.6) is 5.75 Å². The molecule has 4 rings (SSSR count). The van der Waals surface area contributed by atoms with Crippen molar-refractivity contribution in [3.63, 3.8) is 0 Å². The first kappa shape index (κ1) is 18.2. The molecular formula is C21H30FNO3. The van der Waals surface area contributed by atoms with Crippen LogP contribution >= 0.6 is 0 Å². The highest BCUT2D eigenvalue weighted by atomic mass is 19.1. The molecule has 0 N–H and O–H groups in total. The standard InChI is InChI=1S/C21H30FNO3/c1-24-19-11-16(5-6-18(19)22)13-23-10-9-21(25-2)8-7-17(12-20(21)23)26-14-15-3-4-15/h5-6,11,15,17,20H,3-4,7-10,12-14H2,1-2H3/t17-,20+,21-/m1/s1. The van der Waals surface area contributed by atoms with Crippen LogP contribution in [0.25, 0.3) is 0 Å². The van der Waals surface area contributed by atoms with E-state index < -0.39 is 0 Å². The average Bonchev–Trinajstić information content (AvgIpc) is 3.43. The van der Waals surface area contributed by atoms with Crippen LogP contribution in [0.3, 0.4) is 0 Å². The molecule has 1 saturated heterocycles. The zero-order valence-corrected chi connectivity index (χ0v) is 15.9. The Morgan fingerprint density at radius 2 is 2.04 bits per heavy atom. The summed E-state index contributed by atoms with van der Waals surface area (Å²) in [6, 6.07) is 5.53. The fraction of sp³-hybridized carbons (Fsp3) is 0.714. The Hall–Kier alpha value is -1.17. The van der Waals surface area contributed by atoms with E-state index in [0.717, 1.165) is 56.9 Å². The monoisotopic (exact) mass is 363 g/mol. The van der Waals surface area contributed by atoms with Gasteiger partial charge in [0.25, 0.3) is 0 Å². The van der Waals surface area contributed by atoms with E-state index in [1.54, 1.807) is 0 Å². The number of rotatable bonds is 7. The van der Waals surface area contributed by atoms with Crippen molar-refractivity contribution in [3.05, 3.63) is 29.6 Å². The highest BCUT2D eigenvalue weighted by Crippen LogP contribution is 2.44. The summed E-state index contributed by atoms with van der Waals surface area (Å²) in [4.78, 5) is 2.49. The number of hydrogen-bond acceptors (Lipinski definition) is 4. The lowest BCUT2D eigenvalue weighted by Crippen LogP contribution is -2.51. The zero-order chi connectivity index (χ0) is 18.1. The minimum Gasteiger partial charge on any atom is -0.494 e. The van der Waals surface area contributed by atoms with Gasteiger partial charge in [-0.15, -0.1) is 0 Å². The third-order valence-electron chi connectivity index (χ3n) is 6.52. The van der Waals surface area contributed by atoms with Gasteiger partial charge >= 0.3 is 0 Å². The SMILES string of the molecule is COc1cc(CN2CC[C@]3(OC)CC[C@@H](OCC4CC4)C[C@H]23)ccc1F. The Kier molecular flexibility index (Phi) is 5.22. The Bertz CT molecular complexity index is 636. The van der Waals surface area contributed by atoms with E-state index in [2.05, 4.69) is 4.90 Å². The van der Waals surface area contributed by atoms with Gasteiger partial charge in [0.15, 0.2) is 11.6 Å². The first-order valence-corrected chi connectivity index (χ1v) is 9.87. The number of fused-ring (bicyclic) bond motifs is 1. The van der Waals surface area contributed by atoms with Gasteiger partial charge in [0, 0.05) is 32.8 Å². The second-order valence-corrected chi connectivity index (χ2v) is 8.15. The number of likely N-dealkylation sites (tertiary alicyclic amines) is 1. The molecule has 3 aliphatic rings. The number of ether oxygens (including phenoxy) is 3. The van der Waals surface area contributed by atoms with Crippen molar-refractivity contribution in [2.45, 2.75) is 62.8 Å². The van der Waals surface area contributed by atoms with Crippen LogP contribution in [0.1, 0.15) is 44.1 Å². The molecule has 26 heavy (non-hydrogen) atoms. The quantitative estimate of drug-likeness (QED) is 0.738. The molecule has 2 aliphatic carbocycles. The maximum absolute atomic E-state index is 13.7. The predicted octanol–water partition coefficient (Wildman–Crippen LogP) is 3.77. The summed E-state index contributed by atoms with van der Waals surface area (Å²) in [6.07, 6.45) is 7.24. The smallest absolute Gasteiger partial charge is 0.165 e. The lowest BCUT2D eigenvalue weighted by atomic mass is 9.79. The van der Waals surface area contributed by atoms with Gasteiger partial charge in [-0.05, 0) is 62.1 Å². The summed E-state index contributed by atoms with van der Waals surface area (Å²) in [5.41, 5.74) is 1.03. The molecule has 1 aliphatic heterocycles. The summed E-state index contributed by atoms with van der Waals surface area (Å²) < 4.78 is 31.1. The van der Waals surface area contributed by atoms with Crippen molar-refractivity contribution < 1.29 is 18.6 Å². The van der Waals surface area contributed by atoms with Gasteiger partial charge < -0.3 is 14.2 Å². The lowest BCUT2D eigenvalue weighted by Gasteiger charge is -2.43. The summed E-state index contributed by atoms with van der Waals surface area (Å²) in [6.45, 7) is 2.72. The largest absolute Gasteiger partial charge is 0.494 e. The Morgan fingerprint density at radius 3 is 2.77 bits per heavy atom. The van der Waals surface area contributed by atoms with Gasteiger partial charge in [-0.1, -0.05) is 6.07 Å². The molecule has 1 aromatic carbocycles. The summed E-state index contributed by atoms with van der Waals surface area (Å²) in [5, 5.41) is 0. The second-order valence-electron chi connectivity index (χ2n) is 8.15. The van der Waals surface area contributed by atoms with Gasteiger partial charge in [0.1, 0.15) is 0 Å². The van der Waals surface area contributed by atoms with Crippen LogP contribution in [0.15, 0.2) is 18.2 Å². The number of hydrogen-bond donors (Lipinski definition) is 0. The summed E-state index contributed by atoms with van der Waals surface area (Å²) in [5.74, 6) is 0.805. The molecule has 1 aromatic rings. The highest BCUT2D eigenvalue weighted by Gasteiger charge is 2.51. The summed E-state index contributed by atoms with van der Waals surface area (Å²) in [7, 11) is 3.36. The molecule has 1 heterocycles. The minimum atomic E-state index is -0.310. The Balaban J connectivity index is 1.45. The maximum atomic E-state index is 13.7. The number of nitrogens with zero attached hydrogens (tertiary/aromatic N) is 1. The molecule has 2 saturated carbocycles. The van der Waals surface area contributed by atoms with Crippen molar-refractivity contribution in [2.75, 3.05) is 27.4 Å². The van der Waals surface area contributed by atoms with Gasteiger partial charge in [0.05, 0.1) is 18.8 Å². The fourth-order valence-electron chi connectivity index (χ4n) is 4.69. The van der Waals surface area contributed by atoms with Crippen LogP contribution in [0, 0.1) is 11.7 Å². The fourth-order valence-corrected chi connectivity index (χ4v) is 4.69. The molecular weight excluding hydrogens is 333 g/mol. The van der Waals surface area contributed by atoms with E-state index in [4.69, 9.17) is 14.2 Å². The van der Waals surface area contributed by atoms with Crippen LogP contribution in [0.2, 0.25) is 0 Å². The predicted molar refractivity (Wildman–Crippen MR) is 97.8 cm³/mol. The van der Waals surface area contributed by atoms with Gasteiger partial charge in [0.2, 0.25) is 0 Å². The Labute approximate surface area is 155 Å². The molecule has 0 amide bonds. The highest BCUT2D eigenvalue weighted by molar-refractivity contribution is 5.30. The zero-order valence-electron chi connectivity index (χ0n) is 15.9. The van der Waals surface area contributed by atoms with Crippen LogP contribution < -0.4 is 4.74 Å². The normalized spacial score (nSPS) is 31.8.